The molecule has 1 N–H and O–H groups in total. The molecule has 0 unspecified atom stereocenters. The molecule has 0 radical (unpaired) electrons. The van der Waals surface area contributed by atoms with Crippen LogP contribution in [-0.4, -0.2) is 22.4 Å². The number of nitrogens with zero attached hydrogens (tertiary/aromatic N) is 1. The number of carbonyl (C=O) groups is 1. The summed E-state index contributed by atoms with van der Waals surface area (Å²) in [6.45, 7) is 1.15. The summed E-state index contributed by atoms with van der Waals surface area (Å²) in [6, 6.07) is 0. The average molecular weight is 285 g/mol. The summed E-state index contributed by atoms with van der Waals surface area (Å²) in [5, 5.41) is 8.58. The van der Waals surface area contributed by atoms with Gasteiger partial charge in [0.1, 0.15) is 11.4 Å². The molecule has 0 spiro atoms. The van der Waals surface area contributed by atoms with Crippen molar-refractivity contribution in [3.8, 4) is 5.75 Å². The van der Waals surface area contributed by atoms with Crippen molar-refractivity contribution < 1.29 is 36.6 Å². The Hall–Kier alpha value is -1.93. The number of alkyl halides is 5. The smallest absolute Gasteiger partial charge is 0.481 e. The van der Waals surface area contributed by atoms with Crippen LogP contribution in [0.5, 0.6) is 5.75 Å². The van der Waals surface area contributed by atoms with Crippen LogP contribution in [0.3, 0.4) is 0 Å². The number of aryl methyl sites for hydroxylation is 1. The van der Waals surface area contributed by atoms with Crippen LogP contribution in [0.1, 0.15) is 23.2 Å². The second-order valence-electron chi connectivity index (χ2n) is 3.55. The summed E-state index contributed by atoms with van der Waals surface area (Å²) in [6.07, 6.45) is -8.59. The number of aliphatic carboxylic acids is 1. The number of aromatic nitrogens is 1. The van der Waals surface area contributed by atoms with Gasteiger partial charge < -0.3 is 9.84 Å². The molecule has 0 aliphatic heterocycles. The molecule has 0 saturated carbocycles. The van der Waals surface area contributed by atoms with Crippen LogP contribution in [0.2, 0.25) is 0 Å². The van der Waals surface area contributed by atoms with Gasteiger partial charge in [0.2, 0.25) is 0 Å². The summed E-state index contributed by atoms with van der Waals surface area (Å²) in [7, 11) is 0. The number of carboxylic acid groups (broad SMARTS) is 1. The maximum Gasteiger partial charge on any atom is 0.573 e. The number of carboxylic acids is 1. The van der Waals surface area contributed by atoms with Crippen LogP contribution >= 0.6 is 0 Å². The molecule has 1 rings (SSSR count). The van der Waals surface area contributed by atoms with E-state index in [-0.39, 0.29) is 5.56 Å². The first-order valence-corrected chi connectivity index (χ1v) is 4.86. The average Bonchev–Trinajstić information content (AvgIpc) is 2.20. The highest BCUT2D eigenvalue weighted by Gasteiger charge is 2.34. The number of rotatable bonds is 4. The first-order chi connectivity index (χ1) is 8.61. The van der Waals surface area contributed by atoms with Gasteiger partial charge in [0.25, 0.3) is 6.43 Å². The number of halogens is 5. The summed E-state index contributed by atoms with van der Waals surface area (Å²) >= 11 is 0. The predicted octanol–water partition coefficient (Wildman–Crippen LogP) is 2.85. The molecular formula is C10H8F5NO3. The van der Waals surface area contributed by atoms with Gasteiger partial charge in [-0.15, -0.1) is 13.2 Å². The lowest BCUT2D eigenvalue weighted by Crippen LogP contribution is -2.20. The Kier molecular flexibility index (Phi) is 4.28. The first kappa shape index (κ1) is 15.1. The van der Waals surface area contributed by atoms with Crippen LogP contribution in [0.25, 0.3) is 0 Å². The third kappa shape index (κ3) is 4.04. The molecule has 9 heteroatoms. The fourth-order valence-electron chi connectivity index (χ4n) is 1.43. The van der Waals surface area contributed by atoms with Crippen molar-refractivity contribution in [3.05, 3.63) is 23.0 Å². The molecule has 0 atom stereocenters. The Morgan fingerprint density at radius 3 is 2.47 bits per heavy atom. The fraction of sp³-hybridized carbons (Fsp3) is 0.400. The Labute approximate surface area is 103 Å². The molecule has 0 fully saturated rings. The Morgan fingerprint density at radius 2 is 2.05 bits per heavy atom. The van der Waals surface area contributed by atoms with E-state index in [1.54, 1.807) is 0 Å². The van der Waals surface area contributed by atoms with Crippen LogP contribution < -0.4 is 4.74 Å². The minimum Gasteiger partial charge on any atom is -0.481 e. The highest BCUT2D eigenvalue weighted by Crippen LogP contribution is 2.34. The highest BCUT2D eigenvalue weighted by molar-refractivity contribution is 5.72. The van der Waals surface area contributed by atoms with Gasteiger partial charge in [-0.05, 0) is 6.92 Å². The van der Waals surface area contributed by atoms with Gasteiger partial charge in [-0.2, -0.15) is 0 Å². The molecule has 106 valence electrons. The molecular weight excluding hydrogens is 277 g/mol. The quantitative estimate of drug-likeness (QED) is 0.864. The van der Waals surface area contributed by atoms with Gasteiger partial charge in [0.05, 0.1) is 6.42 Å². The molecule has 0 aliphatic rings. The van der Waals surface area contributed by atoms with E-state index in [1.807, 2.05) is 0 Å². The number of pyridine rings is 1. The van der Waals surface area contributed by atoms with E-state index in [4.69, 9.17) is 5.11 Å². The number of hydrogen-bond acceptors (Lipinski definition) is 3. The maximum absolute atomic E-state index is 12.6. The van der Waals surface area contributed by atoms with Crippen molar-refractivity contribution in [2.45, 2.75) is 26.1 Å². The normalized spacial score (nSPS) is 11.7. The van der Waals surface area contributed by atoms with Crippen LogP contribution in [-0.2, 0) is 11.2 Å². The lowest BCUT2D eigenvalue weighted by Gasteiger charge is -2.17. The lowest BCUT2D eigenvalue weighted by atomic mass is 10.1. The van der Waals surface area contributed by atoms with Crippen molar-refractivity contribution in [2.24, 2.45) is 0 Å². The zero-order valence-electron chi connectivity index (χ0n) is 9.46. The van der Waals surface area contributed by atoms with E-state index in [0.29, 0.717) is 0 Å². The Bertz CT molecular complexity index is 487. The minimum atomic E-state index is -5.11. The van der Waals surface area contributed by atoms with Crippen molar-refractivity contribution in [1.29, 1.82) is 0 Å². The molecule has 4 nitrogen and oxygen atoms in total. The van der Waals surface area contributed by atoms with E-state index in [1.165, 1.54) is 0 Å². The topological polar surface area (TPSA) is 59.4 Å². The predicted molar refractivity (Wildman–Crippen MR) is 52.0 cm³/mol. The van der Waals surface area contributed by atoms with Gasteiger partial charge in [0.15, 0.2) is 0 Å². The monoisotopic (exact) mass is 285 g/mol. The van der Waals surface area contributed by atoms with E-state index in [9.17, 15) is 26.7 Å². The summed E-state index contributed by atoms with van der Waals surface area (Å²) in [5.74, 6) is -2.51. The third-order valence-electron chi connectivity index (χ3n) is 2.09. The van der Waals surface area contributed by atoms with Gasteiger partial charge in [-0.1, -0.05) is 0 Å². The molecule has 1 aromatic heterocycles. The molecule has 0 bridgehead atoms. The summed E-state index contributed by atoms with van der Waals surface area (Å²) in [5.41, 5.74) is -2.00. The molecule has 0 saturated heterocycles. The van der Waals surface area contributed by atoms with Crippen LogP contribution in [0.4, 0.5) is 22.0 Å². The van der Waals surface area contributed by atoms with E-state index >= 15 is 0 Å². The highest BCUT2D eigenvalue weighted by atomic mass is 19.4. The van der Waals surface area contributed by atoms with Gasteiger partial charge in [-0.3, -0.25) is 9.78 Å². The van der Waals surface area contributed by atoms with Gasteiger partial charge in [-0.25, -0.2) is 8.78 Å². The summed E-state index contributed by atoms with van der Waals surface area (Å²) < 4.78 is 65.5. The lowest BCUT2D eigenvalue weighted by molar-refractivity contribution is -0.275. The van der Waals surface area contributed by atoms with Crippen molar-refractivity contribution in [2.75, 3.05) is 0 Å². The largest absolute Gasteiger partial charge is 0.573 e. The zero-order chi connectivity index (χ0) is 14.8. The molecule has 1 aromatic rings. The van der Waals surface area contributed by atoms with Gasteiger partial charge >= 0.3 is 12.3 Å². The van der Waals surface area contributed by atoms with E-state index < -0.39 is 42.2 Å². The van der Waals surface area contributed by atoms with E-state index in [2.05, 4.69) is 9.72 Å². The number of hydrogen-bond donors (Lipinski definition) is 1. The molecule has 19 heavy (non-hydrogen) atoms. The van der Waals surface area contributed by atoms with Crippen LogP contribution in [0, 0.1) is 6.92 Å². The SMILES string of the molecule is Cc1cnc(C(F)F)c(CC(=O)O)c1OC(F)(F)F. The standard InChI is InChI=1S/C10H8F5NO3/c1-4-3-16-7(9(11)12)5(2-6(17)18)8(4)19-10(13,14)15/h3,9H,2H2,1H3,(H,17,18). The second kappa shape index (κ2) is 5.37. The third-order valence-corrected chi connectivity index (χ3v) is 2.09. The maximum atomic E-state index is 12.6. The minimum absolute atomic E-state index is 0.182. The molecule has 0 aliphatic carbocycles. The molecule has 1 heterocycles. The van der Waals surface area contributed by atoms with Crippen molar-refractivity contribution in [3.63, 3.8) is 0 Å². The Balaban J connectivity index is 3.39. The number of ether oxygens (including phenoxy) is 1. The van der Waals surface area contributed by atoms with Crippen molar-refractivity contribution in [1.82, 2.24) is 4.98 Å². The van der Waals surface area contributed by atoms with Gasteiger partial charge in [0, 0.05) is 17.3 Å². The summed E-state index contributed by atoms with van der Waals surface area (Å²) in [4.78, 5) is 13.8. The first-order valence-electron chi connectivity index (χ1n) is 4.86. The fourth-order valence-corrected chi connectivity index (χ4v) is 1.43. The Morgan fingerprint density at radius 1 is 1.47 bits per heavy atom. The molecule has 0 amide bonds. The second-order valence-corrected chi connectivity index (χ2v) is 3.55. The van der Waals surface area contributed by atoms with E-state index in [0.717, 1.165) is 13.1 Å². The van der Waals surface area contributed by atoms with Crippen molar-refractivity contribution >= 4 is 5.97 Å². The van der Waals surface area contributed by atoms with Crippen LogP contribution in [0.15, 0.2) is 6.20 Å². The zero-order valence-corrected chi connectivity index (χ0v) is 9.46. The molecule has 0 aromatic carbocycles.